The number of nitrogens with zero attached hydrogens (tertiary/aromatic N) is 3. The van der Waals surface area contributed by atoms with E-state index in [0.29, 0.717) is 48.2 Å². The normalized spacial score (nSPS) is 20.8. The van der Waals surface area contributed by atoms with E-state index in [1.54, 1.807) is 38.4 Å². The fourth-order valence-corrected chi connectivity index (χ4v) is 5.11. The van der Waals surface area contributed by atoms with Crippen molar-refractivity contribution in [1.82, 2.24) is 9.80 Å². The maximum absolute atomic E-state index is 13.9. The minimum Gasteiger partial charge on any atom is -0.497 e. The minimum absolute atomic E-state index is 0.0625. The van der Waals surface area contributed by atoms with Gasteiger partial charge in [-0.05, 0) is 31.2 Å². The molecule has 2 saturated heterocycles. The van der Waals surface area contributed by atoms with Gasteiger partial charge in [0.15, 0.2) is 11.5 Å². The summed E-state index contributed by atoms with van der Waals surface area (Å²) in [6, 6.07) is 10.6. The lowest BCUT2D eigenvalue weighted by atomic mass is 9.82. The largest absolute Gasteiger partial charge is 0.497 e. The summed E-state index contributed by atoms with van der Waals surface area (Å²) >= 11 is 0. The molecule has 2 aromatic carbocycles. The van der Waals surface area contributed by atoms with Gasteiger partial charge in [0.25, 0.3) is 0 Å². The Kier molecular flexibility index (Phi) is 7.88. The van der Waals surface area contributed by atoms with Gasteiger partial charge in [-0.1, -0.05) is 12.1 Å². The van der Waals surface area contributed by atoms with Crippen LogP contribution in [0.4, 0.5) is 5.69 Å². The Morgan fingerprint density at radius 2 is 1.47 bits per heavy atom. The quantitative estimate of drug-likeness (QED) is 0.582. The van der Waals surface area contributed by atoms with E-state index in [2.05, 4.69) is 11.9 Å². The first-order chi connectivity index (χ1) is 17.4. The molecule has 2 aliphatic rings. The van der Waals surface area contributed by atoms with Gasteiger partial charge in [0, 0.05) is 44.7 Å². The molecule has 2 aliphatic heterocycles. The van der Waals surface area contributed by atoms with Gasteiger partial charge in [-0.15, -0.1) is 0 Å². The third-order valence-corrected chi connectivity index (χ3v) is 7.11. The number of methoxy groups -OCH3 is 4. The third-order valence-electron chi connectivity index (χ3n) is 7.11. The summed E-state index contributed by atoms with van der Waals surface area (Å²) in [6.45, 7) is 3.03. The number of rotatable bonds is 7. The van der Waals surface area contributed by atoms with Crippen LogP contribution < -0.4 is 23.8 Å². The van der Waals surface area contributed by atoms with Gasteiger partial charge in [0.1, 0.15) is 5.75 Å². The maximum atomic E-state index is 13.9. The van der Waals surface area contributed by atoms with Crippen molar-refractivity contribution in [3.8, 4) is 23.0 Å². The number of likely N-dealkylation sites (N-methyl/N-ethyl adjacent to an activating group) is 1. The Morgan fingerprint density at radius 1 is 0.861 bits per heavy atom. The lowest BCUT2D eigenvalue weighted by Gasteiger charge is -2.43. The van der Waals surface area contributed by atoms with Crippen LogP contribution in [0.3, 0.4) is 0 Å². The molecule has 0 saturated carbocycles. The molecule has 0 radical (unpaired) electrons. The van der Waals surface area contributed by atoms with Crippen molar-refractivity contribution in [3.63, 3.8) is 0 Å². The van der Waals surface area contributed by atoms with Gasteiger partial charge in [-0.25, -0.2) is 0 Å². The highest BCUT2D eigenvalue weighted by Crippen LogP contribution is 2.46. The summed E-state index contributed by atoms with van der Waals surface area (Å²) in [5.41, 5.74) is 1.45. The van der Waals surface area contributed by atoms with E-state index in [0.717, 1.165) is 18.7 Å². The summed E-state index contributed by atoms with van der Waals surface area (Å²) in [6.07, 6.45) is 0.759. The van der Waals surface area contributed by atoms with Gasteiger partial charge >= 0.3 is 0 Å². The van der Waals surface area contributed by atoms with Crippen LogP contribution in [-0.4, -0.2) is 83.3 Å². The monoisotopic (exact) mass is 497 g/mol. The van der Waals surface area contributed by atoms with Gasteiger partial charge in [0.05, 0.1) is 46.1 Å². The predicted molar refractivity (Wildman–Crippen MR) is 136 cm³/mol. The second kappa shape index (κ2) is 11.1. The Morgan fingerprint density at radius 3 is 2.00 bits per heavy atom. The number of hydrogen-bond donors (Lipinski definition) is 0. The molecule has 0 aliphatic carbocycles. The molecule has 0 N–H and O–H groups in total. The highest BCUT2D eigenvalue weighted by molar-refractivity contribution is 5.98. The van der Waals surface area contributed by atoms with E-state index >= 15 is 0 Å². The van der Waals surface area contributed by atoms with Crippen molar-refractivity contribution in [2.75, 3.05) is 66.6 Å². The number of carbonyl (C=O) groups excluding carboxylic acids is 2. The second-order valence-electron chi connectivity index (χ2n) is 9.14. The first-order valence-electron chi connectivity index (χ1n) is 12.1. The summed E-state index contributed by atoms with van der Waals surface area (Å²) < 4.78 is 21.9. The molecule has 2 aromatic rings. The number of piperidine rings is 1. The van der Waals surface area contributed by atoms with Crippen molar-refractivity contribution >= 4 is 17.5 Å². The van der Waals surface area contributed by atoms with Gasteiger partial charge < -0.3 is 33.6 Å². The van der Waals surface area contributed by atoms with Gasteiger partial charge in [-0.2, -0.15) is 0 Å². The van der Waals surface area contributed by atoms with Crippen molar-refractivity contribution < 1.29 is 28.5 Å². The van der Waals surface area contributed by atoms with E-state index < -0.39 is 12.0 Å². The molecule has 0 aromatic heterocycles. The third kappa shape index (κ3) is 4.93. The number of amides is 2. The molecule has 0 bridgehead atoms. The summed E-state index contributed by atoms with van der Waals surface area (Å²) in [7, 11) is 8.30. The van der Waals surface area contributed by atoms with Crippen molar-refractivity contribution in [2.24, 2.45) is 5.92 Å². The molecule has 2 fully saturated rings. The molecule has 0 unspecified atom stereocenters. The first-order valence-corrected chi connectivity index (χ1v) is 12.1. The van der Waals surface area contributed by atoms with Crippen LogP contribution >= 0.6 is 0 Å². The fourth-order valence-electron chi connectivity index (χ4n) is 5.11. The zero-order chi connectivity index (χ0) is 25.8. The Labute approximate surface area is 212 Å². The average Bonchev–Trinajstić information content (AvgIpc) is 2.92. The topological polar surface area (TPSA) is 80.8 Å². The number of piperazine rings is 1. The Balaban J connectivity index is 1.81. The lowest BCUT2D eigenvalue weighted by molar-refractivity contribution is -0.139. The van der Waals surface area contributed by atoms with Crippen LogP contribution in [0.1, 0.15) is 24.4 Å². The molecule has 0 spiro atoms. The molecule has 9 heteroatoms. The number of anilines is 1. The molecular formula is C27H35N3O6. The van der Waals surface area contributed by atoms with Crippen LogP contribution in [-0.2, 0) is 9.59 Å². The molecular weight excluding hydrogens is 462 g/mol. The molecule has 4 rings (SSSR count). The number of carbonyl (C=O) groups is 2. The number of benzene rings is 2. The number of hydrogen-bond acceptors (Lipinski definition) is 7. The van der Waals surface area contributed by atoms with Crippen molar-refractivity contribution in [1.29, 1.82) is 0 Å². The Hall–Kier alpha value is -3.46. The molecule has 36 heavy (non-hydrogen) atoms. The molecule has 2 heterocycles. The van der Waals surface area contributed by atoms with Gasteiger partial charge in [0.2, 0.25) is 17.6 Å². The van der Waals surface area contributed by atoms with Crippen LogP contribution in [0.2, 0.25) is 0 Å². The highest BCUT2D eigenvalue weighted by Gasteiger charge is 2.43. The molecule has 2 atom stereocenters. The smallest absolute Gasteiger partial charge is 0.228 e. The van der Waals surface area contributed by atoms with Crippen LogP contribution in [0.15, 0.2) is 36.4 Å². The van der Waals surface area contributed by atoms with Crippen molar-refractivity contribution in [3.05, 3.63) is 42.0 Å². The molecule has 2 amide bonds. The first kappa shape index (κ1) is 25.6. The maximum Gasteiger partial charge on any atom is 0.228 e. The summed E-state index contributed by atoms with van der Waals surface area (Å²) in [5.74, 6) is 1.67. The number of ether oxygens (including phenoxy) is 4. The van der Waals surface area contributed by atoms with E-state index in [-0.39, 0.29) is 18.2 Å². The van der Waals surface area contributed by atoms with E-state index in [1.807, 2.05) is 29.2 Å². The molecule has 194 valence electrons. The zero-order valence-corrected chi connectivity index (χ0v) is 21.7. The zero-order valence-electron chi connectivity index (χ0n) is 21.7. The van der Waals surface area contributed by atoms with E-state index in [4.69, 9.17) is 18.9 Å². The minimum atomic E-state index is -0.493. The standard InChI is InChI=1S/C27H35N3O6/c1-28-12-14-29(15-13-28)27(32)21-10-11-24(31)30(25(21)18-6-8-20(33-2)9-7-18)19-16-22(34-3)26(36-5)23(17-19)35-4/h6-9,16-17,21,25H,10-15H2,1-5H3/t21-,25+/m1/s1. The fraction of sp³-hybridized carbons (Fsp3) is 0.481. The summed E-state index contributed by atoms with van der Waals surface area (Å²) in [4.78, 5) is 33.2. The van der Waals surface area contributed by atoms with Crippen molar-refractivity contribution in [2.45, 2.75) is 18.9 Å². The van der Waals surface area contributed by atoms with Gasteiger partial charge in [-0.3, -0.25) is 9.59 Å². The van der Waals surface area contributed by atoms with Crippen LogP contribution in [0, 0.1) is 5.92 Å². The van der Waals surface area contributed by atoms with E-state index in [9.17, 15) is 9.59 Å². The summed E-state index contributed by atoms with van der Waals surface area (Å²) in [5, 5.41) is 0. The van der Waals surface area contributed by atoms with E-state index in [1.165, 1.54) is 7.11 Å². The lowest BCUT2D eigenvalue weighted by Crippen LogP contribution is -2.53. The Bertz CT molecular complexity index is 1060. The SMILES string of the molecule is COc1ccc([C@H]2[C@H](C(=O)N3CCN(C)CC3)CCC(=O)N2c2cc(OC)c(OC)c(OC)c2)cc1. The van der Waals surface area contributed by atoms with Crippen LogP contribution in [0.25, 0.3) is 0 Å². The average molecular weight is 498 g/mol. The highest BCUT2D eigenvalue weighted by atomic mass is 16.5. The predicted octanol–water partition coefficient (Wildman–Crippen LogP) is 2.98. The molecule has 9 nitrogen and oxygen atoms in total. The van der Waals surface area contributed by atoms with Crippen LogP contribution in [0.5, 0.6) is 23.0 Å². The second-order valence-corrected chi connectivity index (χ2v) is 9.14.